The average Bonchev–Trinajstić information content (AvgIpc) is 2.82. The Morgan fingerprint density at radius 2 is 1.69 bits per heavy atom. The van der Waals surface area contributed by atoms with Crippen LogP contribution in [0.15, 0.2) is 78.9 Å². The summed E-state index contributed by atoms with van der Waals surface area (Å²) in [5, 5.41) is 2.95. The molecule has 1 aliphatic rings. The van der Waals surface area contributed by atoms with E-state index >= 15 is 0 Å². The number of benzene rings is 3. The first-order valence-electron chi connectivity index (χ1n) is 11.6. The van der Waals surface area contributed by atoms with Crippen LogP contribution < -0.4 is 10.1 Å². The zero-order valence-corrected chi connectivity index (χ0v) is 18.8. The number of nitrogens with one attached hydrogen (secondary N) is 1. The van der Waals surface area contributed by atoms with Crippen molar-refractivity contribution in [2.75, 3.05) is 25.0 Å². The second-order valence-electron chi connectivity index (χ2n) is 8.52. The molecule has 1 amide bonds. The fourth-order valence-corrected chi connectivity index (χ4v) is 4.35. The number of hydrogen-bond donors (Lipinski definition) is 1. The average molecular weight is 429 g/mol. The van der Waals surface area contributed by atoms with Gasteiger partial charge >= 0.3 is 0 Å². The Hall–Kier alpha value is -3.11. The molecule has 1 aliphatic heterocycles. The van der Waals surface area contributed by atoms with Gasteiger partial charge in [-0.3, -0.25) is 9.69 Å². The van der Waals surface area contributed by atoms with Crippen LogP contribution in [0.2, 0.25) is 0 Å². The van der Waals surface area contributed by atoms with Crippen molar-refractivity contribution in [3.8, 4) is 5.75 Å². The maximum atomic E-state index is 12.6. The maximum absolute atomic E-state index is 12.6. The third-order valence-electron chi connectivity index (χ3n) is 6.10. The van der Waals surface area contributed by atoms with E-state index in [1.807, 2.05) is 43.3 Å². The molecule has 32 heavy (non-hydrogen) atoms. The minimum Gasteiger partial charge on any atom is -0.494 e. The second-order valence-corrected chi connectivity index (χ2v) is 8.52. The number of hydrogen-bond acceptors (Lipinski definition) is 3. The standard InChI is InChI=1S/C28H32N2O2/c1-2-32-27-10-6-9-26(20-27)29-28(31)25-13-11-24(12-14-25)21-30-17-15-23(16-18-30)19-22-7-4-3-5-8-22/h3-14,20,23H,2,15-19,21H2,1H3,(H,29,31). The molecular weight excluding hydrogens is 396 g/mol. The molecule has 4 rings (SSSR count). The summed E-state index contributed by atoms with van der Waals surface area (Å²) in [6, 6.07) is 26.3. The van der Waals surface area contributed by atoms with Gasteiger partial charge in [0.15, 0.2) is 0 Å². The molecule has 166 valence electrons. The minimum absolute atomic E-state index is 0.105. The Kier molecular flexibility index (Phi) is 7.57. The Balaban J connectivity index is 1.26. The first-order valence-corrected chi connectivity index (χ1v) is 11.6. The van der Waals surface area contributed by atoms with E-state index < -0.39 is 0 Å². The van der Waals surface area contributed by atoms with Gasteiger partial charge in [0.1, 0.15) is 5.75 Å². The largest absolute Gasteiger partial charge is 0.494 e. The molecule has 0 spiro atoms. The summed E-state index contributed by atoms with van der Waals surface area (Å²) in [7, 11) is 0. The van der Waals surface area contributed by atoms with E-state index in [0.717, 1.165) is 37.0 Å². The number of piperidine rings is 1. The SMILES string of the molecule is CCOc1cccc(NC(=O)c2ccc(CN3CCC(Cc4ccccc4)CC3)cc2)c1. The predicted octanol–water partition coefficient (Wildman–Crippen LogP) is 5.79. The Bertz CT molecular complexity index is 993. The number of amides is 1. The minimum atomic E-state index is -0.105. The molecule has 0 saturated carbocycles. The molecule has 1 N–H and O–H groups in total. The number of anilines is 1. The van der Waals surface area contributed by atoms with Gasteiger partial charge in [0, 0.05) is 23.9 Å². The van der Waals surface area contributed by atoms with Crippen LogP contribution in [-0.2, 0) is 13.0 Å². The summed E-state index contributed by atoms with van der Waals surface area (Å²) in [6.45, 7) is 5.76. The van der Waals surface area contributed by atoms with Crippen molar-refractivity contribution in [3.63, 3.8) is 0 Å². The van der Waals surface area contributed by atoms with E-state index in [9.17, 15) is 4.79 Å². The lowest BCUT2D eigenvalue weighted by Gasteiger charge is -2.32. The summed E-state index contributed by atoms with van der Waals surface area (Å²) in [5.74, 6) is 1.43. The van der Waals surface area contributed by atoms with Gasteiger partial charge in [-0.2, -0.15) is 0 Å². The second kappa shape index (κ2) is 11.0. The van der Waals surface area contributed by atoms with Gasteiger partial charge < -0.3 is 10.1 Å². The van der Waals surface area contributed by atoms with E-state index in [-0.39, 0.29) is 5.91 Å². The van der Waals surface area contributed by atoms with Gasteiger partial charge in [-0.1, -0.05) is 48.5 Å². The molecule has 1 saturated heterocycles. The zero-order chi connectivity index (χ0) is 22.2. The van der Waals surface area contributed by atoms with Crippen molar-refractivity contribution >= 4 is 11.6 Å². The molecule has 1 fully saturated rings. The van der Waals surface area contributed by atoms with E-state index in [2.05, 4.69) is 52.7 Å². The smallest absolute Gasteiger partial charge is 0.255 e. The van der Waals surface area contributed by atoms with Crippen LogP contribution in [0.5, 0.6) is 5.75 Å². The highest BCUT2D eigenvalue weighted by molar-refractivity contribution is 6.04. The lowest BCUT2D eigenvalue weighted by Crippen LogP contribution is -2.33. The van der Waals surface area contributed by atoms with Crippen molar-refractivity contribution in [3.05, 3.63) is 95.6 Å². The van der Waals surface area contributed by atoms with Crippen molar-refractivity contribution < 1.29 is 9.53 Å². The Morgan fingerprint density at radius 1 is 0.938 bits per heavy atom. The van der Waals surface area contributed by atoms with Gasteiger partial charge in [-0.15, -0.1) is 0 Å². The monoisotopic (exact) mass is 428 g/mol. The maximum Gasteiger partial charge on any atom is 0.255 e. The summed E-state index contributed by atoms with van der Waals surface area (Å²) in [6.07, 6.45) is 3.68. The number of likely N-dealkylation sites (tertiary alicyclic amines) is 1. The Morgan fingerprint density at radius 3 is 2.41 bits per heavy atom. The summed E-state index contributed by atoms with van der Waals surface area (Å²) in [5.41, 5.74) is 4.10. The Labute approximate surface area is 191 Å². The van der Waals surface area contributed by atoms with Crippen LogP contribution in [0.25, 0.3) is 0 Å². The zero-order valence-electron chi connectivity index (χ0n) is 18.8. The molecular formula is C28H32N2O2. The van der Waals surface area contributed by atoms with Crippen LogP contribution in [0, 0.1) is 5.92 Å². The van der Waals surface area contributed by atoms with Crippen molar-refractivity contribution in [1.82, 2.24) is 4.90 Å². The highest BCUT2D eigenvalue weighted by Crippen LogP contribution is 2.23. The van der Waals surface area contributed by atoms with Crippen molar-refractivity contribution in [1.29, 1.82) is 0 Å². The van der Waals surface area contributed by atoms with Crippen LogP contribution in [0.4, 0.5) is 5.69 Å². The molecule has 3 aromatic rings. The van der Waals surface area contributed by atoms with Crippen molar-refractivity contribution in [2.24, 2.45) is 5.92 Å². The van der Waals surface area contributed by atoms with Crippen LogP contribution in [0.1, 0.15) is 41.3 Å². The number of rotatable bonds is 8. The van der Waals surface area contributed by atoms with Gasteiger partial charge in [-0.05, 0) is 80.6 Å². The van der Waals surface area contributed by atoms with E-state index in [4.69, 9.17) is 4.74 Å². The highest BCUT2D eigenvalue weighted by Gasteiger charge is 2.19. The number of carbonyl (C=O) groups excluding carboxylic acids is 1. The molecule has 0 radical (unpaired) electrons. The predicted molar refractivity (Wildman–Crippen MR) is 130 cm³/mol. The lowest BCUT2D eigenvalue weighted by molar-refractivity contribution is 0.102. The topological polar surface area (TPSA) is 41.6 Å². The summed E-state index contributed by atoms with van der Waals surface area (Å²) in [4.78, 5) is 15.1. The fraction of sp³-hybridized carbons (Fsp3) is 0.321. The molecule has 4 heteroatoms. The number of carbonyl (C=O) groups is 1. The summed E-state index contributed by atoms with van der Waals surface area (Å²) >= 11 is 0. The van der Waals surface area contributed by atoms with Crippen LogP contribution in [0.3, 0.4) is 0 Å². The molecule has 3 aromatic carbocycles. The van der Waals surface area contributed by atoms with Crippen LogP contribution in [-0.4, -0.2) is 30.5 Å². The molecule has 0 aromatic heterocycles. The number of ether oxygens (including phenoxy) is 1. The summed E-state index contributed by atoms with van der Waals surface area (Å²) < 4.78 is 5.50. The highest BCUT2D eigenvalue weighted by atomic mass is 16.5. The van der Waals surface area contributed by atoms with Gasteiger partial charge in [0.05, 0.1) is 6.61 Å². The number of nitrogens with zero attached hydrogens (tertiary/aromatic N) is 1. The normalized spacial score (nSPS) is 14.8. The molecule has 0 atom stereocenters. The third-order valence-corrected chi connectivity index (χ3v) is 6.10. The first kappa shape index (κ1) is 22.1. The fourth-order valence-electron chi connectivity index (χ4n) is 4.35. The van der Waals surface area contributed by atoms with Gasteiger partial charge in [0.2, 0.25) is 0 Å². The molecule has 1 heterocycles. The third kappa shape index (κ3) is 6.21. The van der Waals surface area contributed by atoms with E-state index in [1.54, 1.807) is 0 Å². The molecule has 0 unspecified atom stereocenters. The van der Waals surface area contributed by atoms with E-state index in [0.29, 0.717) is 12.2 Å². The van der Waals surface area contributed by atoms with E-state index in [1.165, 1.54) is 30.4 Å². The quantitative estimate of drug-likeness (QED) is 0.494. The van der Waals surface area contributed by atoms with Gasteiger partial charge in [0.25, 0.3) is 5.91 Å². The van der Waals surface area contributed by atoms with Gasteiger partial charge in [-0.25, -0.2) is 0 Å². The first-order chi connectivity index (χ1) is 15.7. The van der Waals surface area contributed by atoms with Crippen LogP contribution >= 0.6 is 0 Å². The molecule has 0 aliphatic carbocycles. The lowest BCUT2D eigenvalue weighted by atomic mass is 9.90. The molecule has 0 bridgehead atoms. The van der Waals surface area contributed by atoms with Crippen molar-refractivity contribution in [2.45, 2.75) is 32.7 Å². The molecule has 4 nitrogen and oxygen atoms in total.